The van der Waals surface area contributed by atoms with Crippen molar-refractivity contribution >= 4 is 0 Å². The topological polar surface area (TPSA) is 27.7 Å². The predicted octanol–water partition coefficient (Wildman–Crippen LogP) is 3.13. The van der Waals surface area contributed by atoms with E-state index in [2.05, 4.69) is 19.1 Å². The molecule has 0 spiro atoms. The standard InChI is InChI=1S/C15H22O3/c1-4-13-14(18-15(2,3)17-13)11-16-10-12-8-6-5-7-9-12/h5-9,13-14H,4,10-11H2,1-3H3/t13-,14-/m1/s1. The van der Waals surface area contributed by atoms with Crippen molar-refractivity contribution in [1.82, 2.24) is 0 Å². The molecule has 1 aliphatic rings. The smallest absolute Gasteiger partial charge is 0.163 e. The Labute approximate surface area is 109 Å². The average Bonchev–Trinajstić information content (AvgIpc) is 2.65. The number of hydrogen-bond donors (Lipinski definition) is 0. The van der Waals surface area contributed by atoms with Crippen LogP contribution in [0.2, 0.25) is 0 Å². The number of ether oxygens (including phenoxy) is 3. The maximum Gasteiger partial charge on any atom is 0.163 e. The zero-order valence-electron chi connectivity index (χ0n) is 11.4. The van der Waals surface area contributed by atoms with Gasteiger partial charge >= 0.3 is 0 Å². The van der Waals surface area contributed by atoms with Crippen LogP contribution in [-0.4, -0.2) is 24.6 Å². The number of rotatable bonds is 5. The fourth-order valence-electron chi connectivity index (χ4n) is 2.26. The second kappa shape index (κ2) is 5.83. The summed E-state index contributed by atoms with van der Waals surface area (Å²) in [5.41, 5.74) is 1.18. The Morgan fingerprint density at radius 1 is 1.11 bits per heavy atom. The van der Waals surface area contributed by atoms with Crippen LogP contribution in [0.1, 0.15) is 32.8 Å². The Hall–Kier alpha value is -0.900. The van der Waals surface area contributed by atoms with E-state index in [-0.39, 0.29) is 12.2 Å². The first-order valence-electron chi connectivity index (χ1n) is 6.58. The van der Waals surface area contributed by atoms with Crippen molar-refractivity contribution in [2.45, 2.75) is 51.8 Å². The van der Waals surface area contributed by atoms with E-state index in [0.29, 0.717) is 13.2 Å². The van der Waals surface area contributed by atoms with E-state index in [4.69, 9.17) is 14.2 Å². The van der Waals surface area contributed by atoms with Gasteiger partial charge in [0.05, 0.1) is 19.3 Å². The molecule has 1 aromatic carbocycles. The molecule has 0 saturated carbocycles. The Morgan fingerprint density at radius 2 is 1.78 bits per heavy atom. The fraction of sp³-hybridized carbons (Fsp3) is 0.600. The van der Waals surface area contributed by atoms with E-state index in [9.17, 15) is 0 Å². The van der Waals surface area contributed by atoms with E-state index in [1.54, 1.807) is 0 Å². The second-order valence-electron chi connectivity index (χ2n) is 5.12. The van der Waals surface area contributed by atoms with Gasteiger partial charge in [0, 0.05) is 0 Å². The summed E-state index contributed by atoms with van der Waals surface area (Å²) < 4.78 is 17.4. The SMILES string of the molecule is CC[C@H]1OC(C)(C)O[C@@H]1COCc1ccccc1. The van der Waals surface area contributed by atoms with Gasteiger partial charge in [-0.3, -0.25) is 0 Å². The fourth-order valence-corrected chi connectivity index (χ4v) is 2.26. The van der Waals surface area contributed by atoms with Crippen molar-refractivity contribution in [2.75, 3.05) is 6.61 Å². The lowest BCUT2D eigenvalue weighted by Gasteiger charge is -2.16. The largest absolute Gasteiger partial charge is 0.374 e. The molecular weight excluding hydrogens is 228 g/mol. The molecule has 0 radical (unpaired) electrons. The van der Waals surface area contributed by atoms with E-state index in [1.165, 1.54) is 5.56 Å². The highest BCUT2D eigenvalue weighted by Gasteiger charge is 2.40. The van der Waals surface area contributed by atoms with Crippen molar-refractivity contribution in [2.24, 2.45) is 0 Å². The van der Waals surface area contributed by atoms with E-state index in [0.717, 1.165) is 6.42 Å². The summed E-state index contributed by atoms with van der Waals surface area (Å²) in [7, 11) is 0. The molecule has 2 atom stereocenters. The summed E-state index contributed by atoms with van der Waals surface area (Å²) in [6.07, 6.45) is 1.12. The Bertz CT molecular complexity index is 361. The molecular formula is C15H22O3. The minimum Gasteiger partial charge on any atom is -0.374 e. The molecule has 3 heteroatoms. The van der Waals surface area contributed by atoms with Crippen LogP contribution in [-0.2, 0) is 20.8 Å². The molecule has 0 amide bonds. The van der Waals surface area contributed by atoms with Crippen molar-refractivity contribution in [3.8, 4) is 0 Å². The minimum absolute atomic E-state index is 0.0358. The molecule has 0 bridgehead atoms. The lowest BCUT2D eigenvalue weighted by atomic mass is 10.2. The van der Waals surface area contributed by atoms with Crippen molar-refractivity contribution in [1.29, 1.82) is 0 Å². The normalized spacial score (nSPS) is 26.4. The molecule has 1 aliphatic heterocycles. The third kappa shape index (κ3) is 3.55. The van der Waals surface area contributed by atoms with Gasteiger partial charge in [-0.15, -0.1) is 0 Å². The van der Waals surface area contributed by atoms with Gasteiger partial charge in [-0.2, -0.15) is 0 Å². The molecule has 100 valence electrons. The molecule has 0 unspecified atom stereocenters. The van der Waals surface area contributed by atoms with Crippen molar-refractivity contribution < 1.29 is 14.2 Å². The Kier molecular flexibility index (Phi) is 4.38. The van der Waals surface area contributed by atoms with Crippen LogP contribution < -0.4 is 0 Å². The van der Waals surface area contributed by atoms with Gasteiger partial charge in [0.15, 0.2) is 5.79 Å². The zero-order valence-corrected chi connectivity index (χ0v) is 11.4. The number of benzene rings is 1. The lowest BCUT2D eigenvalue weighted by molar-refractivity contribution is -0.151. The molecule has 18 heavy (non-hydrogen) atoms. The summed E-state index contributed by atoms with van der Waals surface area (Å²) in [4.78, 5) is 0. The van der Waals surface area contributed by atoms with Gasteiger partial charge < -0.3 is 14.2 Å². The van der Waals surface area contributed by atoms with Gasteiger partial charge in [-0.1, -0.05) is 37.3 Å². The molecule has 1 aromatic rings. The predicted molar refractivity (Wildman–Crippen MR) is 70.2 cm³/mol. The van der Waals surface area contributed by atoms with Crippen LogP contribution in [0, 0.1) is 0 Å². The van der Waals surface area contributed by atoms with Gasteiger partial charge in [0.2, 0.25) is 0 Å². The Balaban J connectivity index is 1.80. The first kappa shape index (κ1) is 13.5. The Morgan fingerprint density at radius 3 is 2.44 bits per heavy atom. The maximum atomic E-state index is 5.84. The van der Waals surface area contributed by atoms with Gasteiger partial charge in [-0.25, -0.2) is 0 Å². The summed E-state index contributed by atoms with van der Waals surface area (Å²) in [5.74, 6) is -0.485. The number of hydrogen-bond acceptors (Lipinski definition) is 3. The molecule has 1 heterocycles. The zero-order chi connectivity index (χ0) is 13.0. The maximum absolute atomic E-state index is 5.84. The summed E-state index contributed by atoms with van der Waals surface area (Å²) in [5, 5.41) is 0. The van der Waals surface area contributed by atoms with Crippen LogP contribution in [0.25, 0.3) is 0 Å². The van der Waals surface area contributed by atoms with Gasteiger partial charge in [0.1, 0.15) is 6.10 Å². The van der Waals surface area contributed by atoms with Gasteiger partial charge in [0.25, 0.3) is 0 Å². The van der Waals surface area contributed by atoms with Crippen molar-refractivity contribution in [3.63, 3.8) is 0 Å². The van der Waals surface area contributed by atoms with Crippen LogP contribution in [0.15, 0.2) is 30.3 Å². The third-order valence-electron chi connectivity index (χ3n) is 3.08. The third-order valence-corrected chi connectivity index (χ3v) is 3.08. The lowest BCUT2D eigenvalue weighted by Crippen LogP contribution is -2.27. The average molecular weight is 250 g/mol. The van der Waals surface area contributed by atoms with Crippen LogP contribution in [0.3, 0.4) is 0 Å². The van der Waals surface area contributed by atoms with Crippen LogP contribution in [0.4, 0.5) is 0 Å². The summed E-state index contributed by atoms with van der Waals surface area (Å²) >= 11 is 0. The monoisotopic (exact) mass is 250 g/mol. The minimum atomic E-state index is -0.485. The highest BCUT2D eigenvalue weighted by molar-refractivity contribution is 5.13. The van der Waals surface area contributed by atoms with E-state index in [1.807, 2.05) is 32.0 Å². The summed E-state index contributed by atoms with van der Waals surface area (Å²) in [6, 6.07) is 10.2. The highest BCUT2D eigenvalue weighted by atomic mass is 16.8. The van der Waals surface area contributed by atoms with Crippen LogP contribution in [0.5, 0.6) is 0 Å². The van der Waals surface area contributed by atoms with E-state index < -0.39 is 5.79 Å². The molecule has 0 aliphatic carbocycles. The molecule has 3 nitrogen and oxygen atoms in total. The molecule has 0 N–H and O–H groups in total. The first-order chi connectivity index (χ1) is 8.61. The van der Waals surface area contributed by atoms with Gasteiger partial charge in [-0.05, 0) is 25.8 Å². The summed E-state index contributed by atoms with van der Waals surface area (Å²) in [6.45, 7) is 7.22. The molecule has 2 rings (SSSR count). The first-order valence-corrected chi connectivity index (χ1v) is 6.58. The highest BCUT2D eigenvalue weighted by Crippen LogP contribution is 2.29. The van der Waals surface area contributed by atoms with E-state index >= 15 is 0 Å². The quantitative estimate of drug-likeness (QED) is 0.803. The van der Waals surface area contributed by atoms with Crippen LogP contribution >= 0.6 is 0 Å². The molecule has 1 saturated heterocycles. The molecule has 0 aromatic heterocycles. The molecule has 1 fully saturated rings. The van der Waals surface area contributed by atoms with Crippen molar-refractivity contribution in [3.05, 3.63) is 35.9 Å². The second-order valence-corrected chi connectivity index (χ2v) is 5.12.